The lowest BCUT2D eigenvalue weighted by Gasteiger charge is -2.43. The molecule has 5 rings (SSSR count). The third kappa shape index (κ3) is 9.40. The molecule has 1 fully saturated rings. The third-order valence-corrected chi connectivity index (χ3v) is 11.0. The molecule has 2 heterocycles. The molecule has 2 amide bonds. The zero-order valence-corrected chi connectivity index (χ0v) is 29.4. The predicted molar refractivity (Wildman–Crippen MR) is 188 cm³/mol. The summed E-state index contributed by atoms with van der Waals surface area (Å²) < 4.78 is 33.0. The summed E-state index contributed by atoms with van der Waals surface area (Å²) in [6, 6.07) is 11.4. The van der Waals surface area contributed by atoms with Crippen LogP contribution in [0.2, 0.25) is 5.02 Å². The number of anilines is 1. The van der Waals surface area contributed by atoms with E-state index in [1.807, 2.05) is 39.0 Å². The van der Waals surface area contributed by atoms with Crippen molar-refractivity contribution >= 4 is 39.0 Å². The summed E-state index contributed by atoms with van der Waals surface area (Å²) in [6.07, 6.45) is 10.0. The Bertz CT molecular complexity index is 1700. The van der Waals surface area contributed by atoms with Gasteiger partial charge in [-0.25, -0.2) is 4.21 Å². The molecule has 0 radical (unpaired) electrons. The number of benzene rings is 2. The molecule has 3 aliphatic rings. The molecule has 252 valence electrons. The highest BCUT2D eigenvalue weighted by molar-refractivity contribution is 7.92. The zero-order chi connectivity index (χ0) is 33.6. The largest absolute Gasteiger partial charge is 0.491 e. The molecule has 8 nitrogen and oxygen atoms in total. The van der Waals surface area contributed by atoms with Gasteiger partial charge in [-0.1, -0.05) is 35.7 Å². The van der Waals surface area contributed by atoms with Gasteiger partial charge in [0.1, 0.15) is 15.7 Å². The van der Waals surface area contributed by atoms with Crippen LogP contribution in [0.5, 0.6) is 5.75 Å². The van der Waals surface area contributed by atoms with Gasteiger partial charge in [0, 0.05) is 36.2 Å². The maximum absolute atomic E-state index is 14.1. The quantitative estimate of drug-likeness (QED) is 0.268. The summed E-state index contributed by atoms with van der Waals surface area (Å²) in [5, 5.41) is 0.714. The van der Waals surface area contributed by atoms with Crippen LogP contribution in [0.25, 0.3) is 0 Å². The lowest BCUT2D eigenvalue weighted by atomic mass is 9.70. The topological polar surface area (TPSA) is 97.3 Å². The van der Waals surface area contributed by atoms with Gasteiger partial charge in [0.2, 0.25) is 0 Å². The van der Waals surface area contributed by atoms with E-state index in [-0.39, 0.29) is 17.4 Å². The molecule has 0 aromatic heterocycles. The van der Waals surface area contributed by atoms with Gasteiger partial charge < -0.3 is 14.4 Å². The number of rotatable bonds is 2. The summed E-state index contributed by atoms with van der Waals surface area (Å²) in [6.45, 7) is 7.52. The van der Waals surface area contributed by atoms with Crippen LogP contribution in [0.15, 0.2) is 52.9 Å². The van der Waals surface area contributed by atoms with Crippen molar-refractivity contribution in [1.82, 2.24) is 4.72 Å². The highest BCUT2D eigenvalue weighted by atomic mass is 35.5. The second kappa shape index (κ2) is 15.3. The lowest BCUT2D eigenvalue weighted by Crippen LogP contribution is -2.43. The van der Waals surface area contributed by atoms with Crippen molar-refractivity contribution in [2.75, 3.05) is 30.9 Å². The number of methoxy groups -OCH3 is 1. The third-order valence-electron chi connectivity index (χ3n) is 8.95. The van der Waals surface area contributed by atoms with Crippen LogP contribution in [0.4, 0.5) is 5.69 Å². The van der Waals surface area contributed by atoms with Crippen molar-refractivity contribution in [3.63, 3.8) is 0 Å². The van der Waals surface area contributed by atoms with Crippen LogP contribution in [-0.4, -0.2) is 48.1 Å². The van der Waals surface area contributed by atoms with Gasteiger partial charge in [0.15, 0.2) is 0 Å². The smallest absolute Gasteiger partial charge is 0.308 e. The van der Waals surface area contributed by atoms with Crippen molar-refractivity contribution in [2.45, 2.75) is 78.4 Å². The van der Waals surface area contributed by atoms with Crippen LogP contribution >= 0.6 is 11.6 Å². The van der Waals surface area contributed by atoms with Gasteiger partial charge in [-0.2, -0.15) is 0 Å². The van der Waals surface area contributed by atoms with Gasteiger partial charge in [-0.3, -0.25) is 14.3 Å². The summed E-state index contributed by atoms with van der Waals surface area (Å²) in [7, 11) is -1.72. The van der Waals surface area contributed by atoms with Crippen molar-refractivity contribution in [1.29, 1.82) is 0 Å². The second-order valence-electron chi connectivity index (χ2n) is 13.7. The Labute approximate surface area is 284 Å². The molecule has 47 heavy (non-hydrogen) atoms. The summed E-state index contributed by atoms with van der Waals surface area (Å²) in [5.41, 5.74) is 3.03. The highest BCUT2D eigenvalue weighted by Gasteiger charge is 2.38. The highest BCUT2D eigenvalue weighted by Crippen LogP contribution is 2.42. The van der Waals surface area contributed by atoms with E-state index in [1.165, 1.54) is 11.1 Å². The minimum absolute atomic E-state index is 0.00917. The number of halogens is 1. The van der Waals surface area contributed by atoms with Crippen LogP contribution in [0.1, 0.15) is 80.8 Å². The average molecular weight is 680 g/mol. The number of hydrogen-bond donors (Lipinski definition) is 1. The van der Waals surface area contributed by atoms with Crippen LogP contribution < -0.4 is 14.4 Å². The molecule has 2 aromatic rings. The Hall–Kier alpha value is -3.32. The molecule has 1 N–H and O–H groups in total. The fourth-order valence-electron chi connectivity index (χ4n) is 6.34. The number of allylic oxidation sites excluding steroid dienone is 1. The Balaban J connectivity index is 1.60. The van der Waals surface area contributed by atoms with Gasteiger partial charge in [-0.05, 0) is 125 Å². The fourth-order valence-corrected chi connectivity index (χ4v) is 8.04. The van der Waals surface area contributed by atoms with E-state index in [0.29, 0.717) is 48.6 Å². The zero-order valence-electron chi connectivity index (χ0n) is 27.9. The van der Waals surface area contributed by atoms with E-state index in [9.17, 15) is 13.8 Å². The molecule has 0 saturated heterocycles. The fraction of sp³-hybridized carbons (Fsp3) is 0.514. The molecule has 0 spiro atoms. The number of nitrogens with one attached hydrogen (secondary N) is 1. The van der Waals surface area contributed by atoms with E-state index in [2.05, 4.69) is 44.0 Å². The minimum atomic E-state index is -3.47. The van der Waals surface area contributed by atoms with Gasteiger partial charge >= 0.3 is 5.91 Å². The molecular formula is C37H46ClN3O5S. The minimum Gasteiger partial charge on any atom is -0.491 e. The number of amides is 2. The van der Waals surface area contributed by atoms with Gasteiger partial charge in [0.25, 0.3) is 5.91 Å². The van der Waals surface area contributed by atoms with Crippen LogP contribution in [0, 0.1) is 29.1 Å². The number of nitrogens with zero attached hydrogens (tertiary/aromatic N) is 2. The Morgan fingerprint density at radius 1 is 1.13 bits per heavy atom. The van der Waals surface area contributed by atoms with E-state index >= 15 is 0 Å². The van der Waals surface area contributed by atoms with Crippen molar-refractivity contribution in [3.05, 3.63) is 70.3 Å². The molecule has 10 heteroatoms. The first-order valence-electron chi connectivity index (χ1n) is 16.6. The number of carbonyl (C=O) groups is 2. The van der Waals surface area contributed by atoms with E-state index < -0.39 is 27.1 Å². The molecular weight excluding hydrogens is 634 g/mol. The van der Waals surface area contributed by atoms with E-state index in [4.69, 9.17) is 21.1 Å². The lowest BCUT2D eigenvalue weighted by molar-refractivity contribution is -0.114. The number of carbonyl (C=O) groups excluding carboxylic acids is 2. The first-order valence-corrected chi connectivity index (χ1v) is 18.6. The van der Waals surface area contributed by atoms with Crippen molar-refractivity contribution in [3.8, 4) is 17.6 Å². The average Bonchev–Trinajstić information content (AvgIpc) is 3.03. The predicted octanol–water partition coefficient (Wildman–Crippen LogP) is 7.14. The molecule has 4 atom stereocenters. The Kier molecular flexibility index (Phi) is 11.4. The standard InChI is InChI=1S/C37H46ClN3O5S/c1-37(2,3)19-18-35(42)39-47(44)21-9-5-6-11-33(45-4)31-16-13-29(31)25-41-24-28-12-15-30(38)22-26(28)10-7-8-20-46-34-17-14-27(23-32(34)41)36(43)40-47/h6,11-12,14-15,17,22-23,29,31,33H,5,7-10,13,16,20-21,24-25H2,1-4H3,(H,39,40,42,43,44)/b11-6+/t29-,31+,33-,47+/m0/s1. The maximum atomic E-state index is 14.1. The summed E-state index contributed by atoms with van der Waals surface area (Å²) in [4.78, 5) is 28.8. The molecule has 2 aromatic carbocycles. The number of aryl methyl sites for hydroxylation is 1. The molecule has 1 saturated carbocycles. The second-order valence-corrected chi connectivity index (χ2v) is 16.2. The number of ether oxygens (including phenoxy) is 2. The van der Waals surface area contributed by atoms with Crippen LogP contribution in [-0.2, 0) is 32.4 Å². The molecule has 2 aliphatic heterocycles. The number of hydrogen-bond acceptors (Lipinski definition) is 6. The SMILES string of the molecule is CO[C@H]1/C=C/CCC[S@@](=O)(NC(=O)C#CC(C)(C)C)=NC(=O)c2ccc3c(c2)N(Cc2ccc(Cl)cc2CCCCO3)C[C@@H]2CC[C@H]21. The molecule has 0 unspecified atom stereocenters. The van der Waals surface area contributed by atoms with Crippen LogP contribution in [0.3, 0.4) is 0 Å². The first kappa shape index (κ1) is 35.0. The van der Waals surface area contributed by atoms with E-state index in [1.54, 1.807) is 19.2 Å². The summed E-state index contributed by atoms with van der Waals surface area (Å²) in [5.74, 6) is 5.40. The maximum Gasteiger partial charge on any atom is 0.308 e. The Morgan fingerprint density at radius 3 is 2.70 bits per heavy atom. The molecule has 1 aliphatic carbocycles. The van der Waals surface area contributed by atoms with E-state index in [0.717, 1.165) is 44.3 Å². The monoisotopic (exact) mass is 679 g/mol. The van der Waals surface area contributed by atoms with Gasteiger partial charge in [-0.15, -0.1) is 4.36 Å². The summed E-state index contributed by atoms with van der Waals surface area (Å²) >= 11 is 6.44. The van der Waals surface area contributed by atoms with Gasteiger partial charge in [0.05, 0.1) is 24.2 Å². The Morgan fingerprint density at radius 2 is 1.96 bits per heavy atom. The molecule has 2 bridgehead atoms. The number of fused-ring (bicyclic) bond motifs is 3. The van der Waals surface area contributed by atoms with Crippen molar-refractivity contribution in [2.24, 2.45) is 21.6 Å². The normalized spacial score (nSPS) is 25.9. The first-order chi connectivity index (χ1) is 22.4. The van der Waals surface area contributed by atoms with Crippen molar-refractivity contribution < 1.29 is 23.3 Å².